The molecule has 0 aliphatic heterocycles. The molecule has 4 nitrogen and oxygen atoms in total. The first kappa shape index (κ1) is 16.4. The first-order valence-electron chi connectivity index (χ1n) is 6.54. The maximum atomic E-state index is 13.0. The minimum absolute atomic E-state index is 0.521. The van der Waals surface area contributed by atoms with E-state index < -0.39 is 11.6 Å². The average Bonchev–Trinajstić information content (AvgIpc) is 2.40. The van der Waals surface area contributed by atoms with Gasteiger partial charge in [-0.2, -0.15) is 0 Å². The number of hydrogen-bond acceptors (Lipinski definition) is 2. The Morgan fingerprint density at radius 2 is 1.80 bits per heavy atom. The fourth-order valence-electron chi connectivity index (χ4n) is 1.72. The van der Waals surface area contributed by atoms with Crippen molar-refractivity contribution in [2.75, 3.05) is 33.9 Å². The van der Waals surface area contributed by atoms with Crippen molar-refractivity contribution < 1.29 is 13.5 Å². The molecular weight excluding hydrogens is 264 g/mol. The summed E-state index contributed by atoms with van der Waals surface area (Å²) in [5, 5.41) is 6.21. The molecule has 1 rings (SSSR count). The first-order valence-corrected chi connectivity index (χ1v) is 6.54. The molecule has 0 aliphatic rings. The summed E-state index contributed by atoms with van der Waals surface area (Å²) in [5.74, 6) is -0.442. The van der Waals surface area contributed by atoms with Crippen LogP contribution >= 0.6 is 0 Å². The van der Waals surface area contributed by atoms with Gasteiger partial charge in [0, 0.05) is 39.9 Å². The Balaban J connectivity index is 2.30. The fourth-order valence-corrected chi connectivity index (χ4v) is 1.72. The molecule has 0 aromatic heterocycles. The van der Waals surface area contributed by atoms with Gasteiger partial charge in [-0.25, -0.2) is 8.78 Å². The Morgan fingerprint density at radius 3 is 2.40 bits per heavy atom. The predicted molar refractivity (Wildman–Crippen MR) is 75.9 cm³/mol. The van der Waals surface area contributed by atoms with Crippen molar-refractivity contribution in [2.45, 2.75) is 12.8 Å². The lowest BCUT2D eigenvalue weighted by Crippen LogP contribution is -2.39. The summed E-state index contributed by atoms with van der Waals surface area (Å²) in [7, 11) is 3.33. The Kier molecular flexibility index (Phi) is 7.57. The number of ether oxygens (including phenoxy) is 1. The van der Waals surface area contributed by atoms with E-state index in [0.717, 1.165) is 19.0 Å². The van der Waals surface area contributed by atoms with Crippen LogP contribution in [0.5, 0.6) is 0 Å². The van der Waals surface area contributed by atoms with Gasteiger partial charge in [-0.1, -0.05) is 0 Å². The molecule has 2 N–H and O–H groups in total. The van der Waals surface area contributed by atoms with Gasteiger partial charge in [0.15, 0.2) is 5.96 Å². The number of benzene rings is 1. The molecule has 20 heavy (non-hydrogen) atoms. The van der Waals surface area contributed by atoms with Crippen LogP contribution in [-0.4, -0.2) is 39.8 Å². The molecule has 0 saturated heterocycles. The molecule has 0 amide bonds. The van der Waals surface area contributed by atoms with Crippen LogP contribution < -0.4 is 10.6 Å². The Bertz CT molecular complexity index is 418. The number of rotatable bonds is 7. The van der Waals surface area contributed by atoms with Gasteiger partial charge in [0.25, 0.3) is 0 Å². The van der Waals surface area contributed by atoms with Crippen LogP contribution in [0.25, 0.3) is 0 Å². The van der Waals surface area contributed by atoms with E-state index in [2.05, 4.69) is 15.6 Å². The zero-order valence-corrected chi connectivity index (χ0v) is 11.9. The van der Waals surface area contributed by atoms with Crippen LogP contribution in [0.2, 0.25) is 0 Å². The molecule has 1 aromatic rings. The van der Waals surface area contributed by atoms with Gasteiger partial charge in [0.1, 0.15) is 11.6 Å². The predicted octanol–water partition coefficient (Wildman–Crippen LogP) is 1.71. The van der Waals surface area contributed by atoms with Crippen LogP contribution in [0, 0.1) is 11.6 Å². The molecule has 0 saturated carbocycles. The Morgan fingerprint density at radius 1 is 1.15 bits per heavy atom. The highest BCUT2D eigenvalue weighted by Gasteiger charge is 2.01. The average molecular weight is 285 g/mol. The SMILES string of the molecule is CN=C(NCCCOC)NCCc1cc(F)cc(F)c1. The van der Waals surface area contributed by atoms with Crippen LogP contribution in [-0.2, 0) is 11.2 Å². The number of nitrogens with one attached hydrogen (secondary N) is 2. The van der Waals surface area contributed by atoms with Gasteiger partial charge in [-0.15, -0.1) is 0 Å². The Hall–Kier alpha value is -1.69. The highest BCUT2D eigenvalue weighted by Crippen LogP contribution is 2.07. The second-order valence-corrected chi connectivity index (χ2v) is 4.30. The van der Waals surface area contributed by atoms with E-state index in [-0.39, 0.29) is 0 Å². The second-order valence-electron chi connectivity index (χ2n) is 4.30. The minimum Gasteiger partial charge on any atom is -0.385 e. The summed E-state index contributed by atoms with van der Waals surface area (Å²) in [6.45, 7) is 1.99. The molecule has 0 atom stereocenters. The van der Waals surface area contributed by atoms with Crippen LogP contribution in [0.3, 0.4) is 0 Å². The molecule has 0 spiro atoms. The fraction of sp³-hybridized carbons (Fsp3) is 0.500. The second kappa shape index (κ2) is 9.25. The molecule has 0 bridgehead atoms. The van der Waals surface area contributed by atoms with Crippen molar-refractivity contribution in [1.29, 1.82) is 0 Å². The van der Waals surface area contributed by atoms with E-state index in [9.17, 15) is 8.78 Å². The summed E-state index contributed by atoms with van der Waals surface area (Å²) in [6, 6.07) is 3.53. The van der Waals surface area contributed by atoms with Gasteiger partial charge in [0.05, 0.1) is 0 Å². The Labute approximate surface area is 118 Å². The zero-order chi connectivity index (χ0) is 14.8. The smallest absolute Gasteiger partial charge is 0.190 e. The normalized spacial score (nSPS) is 11.5. The lowest BCUT2D eigenvalue weighted by molar-refractivity contribution is 0.195. The maximum absolute atomic E-state index is 13.0. The third-order valence-electron chi connectivity index (χ3n) is 2.67. The number of hydrogen-bond donors (Lipinski definition) is 2. The number of nitrogens with zero attached hydrogens (tertiary/aromatic N) is 1. The van der Waals surface area contributed by atoms with E-state index in [1.165, 1.54) is 12.1 Å². The molecule has 0 unspecified atom stereocenters. The van der Waals surface area contributed by atoms with Crippen molar-refractivity contribution in [1.82, 2.24) is 10.6 Å². The number of halogens is 2. The van der Waals surface area contributed by atoms with Crippen LogP contribution in [0.1, 0.15) is 12.0 Å². The molecule has 0 heterocycles. The van der Waals surface area contributed by atoms with Gasteiger partial charge in [-0.05, 0) is 30.5 Å². The quantitative estimate of drug-likeness (QED) is 0.455. The number of methoxy groups -OCH3 is 1. The van der Waals surface area contributed by atoms with Crippen molar-refractivity contribution in [2.24, 2.45) is 4.99 Å². The maximum Gasteiger partial charge on any atom is 0.190 e. The zero-order valence-electron chi connectivity index (χ0n) is 11.9. The first-order chi connectivity index (χ1) is 9.65. The third kappa shape index (κ3) is 6.47. The monoisotopic (exact) mass is 285 g/mol. The van der Waals surface area contributed by atoms with Crippen LogP contribution in [0.4, 0.5) is 8.78 Å². The molecule has 0 aliphatic carbocycles. The van der Waals surface area contributed by atoms with Crippen molar-refractivity contribution >= 4 is 5.96 Å². The molecule has 0 fully saturated rings. The van der Waals surface area contributed by atoms with Crippen LogP contribution in [0.15, 0.2) is 23.2 Å². The number of guanidine groups is 1. The summed E-state index contributed by atoms with van der Waals surface area (Å²) < 4.78 is 31.0. The van der Waals surface area contributed by atoms with E-state index in [1.807, 2.05) is 0 Å². The standard InChI is InChI=1S/C14H21F2N3O/c1-17-14(18-5-3-7-20-2)19-6-4-11-8-12(15)10-13(16)9-11/h8-10H,3-7H2,1-2H3,(H2,17,18,19). The molecule has 6 heteroatoms. The van der Waals surface area contributed by atoms with Gasteiger partial charge < -0.3 is 15.4 Å². The summed E-state index contributed by atoms with van der Waals surface area (Å²) in [4.78, 5) is 4.06. The topological polar surface area (TPSA) is 45.7 Å². The summed E-state index contributed by atoms with van der Waals surface area (Å²) >= 11 is 0. The van der Waals surface area contributed by atoms with E-state index in [1.54, 1.807) is 14.2 Å². The number of aliphatic imine (C=N–C) groups is 1. The van der Waals surface area contributed by atoms with Gasteiger partial charge >= 0.3 is 0 Å². The van der Waals surface area contributed by atoms with Crippen molar-refractivity contribution in [3.05, 3.63) is 35.4 Å². The molecule has 0 radical (unpaired) electrons. The highest BCUT2D eigenvalue weighted by molar-refractivity contribution is 5.79. The largest absolute Gasteiger partial charge is 0.385 e. The van der Waals surface area contributed by atoms with E-state index in [4.69, 9.17) is 4.74 Å². The van der Waals surface area contributed by atoms with E-state index >= 15 is 0 Å². The lowest BCUT2D eigenvalue weighted by atomic mass is 10.1. The lowest BCUT2D eigenvalue weighted by Gasteiger charge is -2.11. The van der Waals surface area contributed by atoms with Crippen molar-refractivity contribution in [3.8, 4) is 0 Å². The van der Waals surface area contributed by atoms with Gasteiger partial charge in [0.2, 0.25) is 0 Å². The minimum atomic E-state index is -0.554. The van der Waals surface area contributed by atoms with E-state index in [0.29, 0.717) is 31.1 Å². The molecule has 112 valence electrons. The third-order valence-corrected chi connectivity index (χ3v) is 2.67. The van der Waals surface area contributed by atoms with Gasteiger partial charge in [-0.3, -0.25) is 4.99 Å². The highest BCUT2D eigenvalue weighted by atomic mass is 19.1. The summed E-state index contributed by atoms with van der Waals surface area (Å²) in [5.41, 5.74) is 0.616. The molecular formula is C14H21F2N3O. The summed E-state index contributed by atoms with van der Waals surface area (Å²) in [6.07, 6.45) is 1.40. The molecule has 1 aromatic carbocycles. The van der Waals surface area contributed by atoms with Crippen molar-refractivity contribution in [3.63, 3.8) is 0 Å².